The molecule has 1 aliphatic heterocycles. The Morgan fingerprint density at radius 3 is 2.60 bits per heavy atom. The smallest absolute Gasteiger partial charge is 0.162 e. The second-order valence-electron chi connectivity index (χ2n) is 5.70. The first-order chi connectivity index (χ1) is 9.47. The fourth-order valence-electron chi connectivity index (χ4n) is 2.60. The molecule has 0 saturated carbocycles. The zero-order valence-electron chi connectivity index (χ0n) is 12.4. The number of aromatic hydroxyl groups is 1. The van der Waals surface area contributed by atoms with Gasteiger partial charge in [0.05, 0.1) is 7.11 Å². The molecule has 4 nitrogen and oxygen atoms in total. The fraction of sp³-hybridized carbons (Fsp3) is 0.600. The van der Waals surface area contributed by atoms with Gasteiger partial charge >= 0.3 is 0 Å². The van der Waals surface area contributed by atoms with Crippen molar-refractivity contribution in [2.45, 2.75) is 31.8 Å². The maximum atomic E-state index is 10.2. The van der Waals surface area contributed by atoms with E-state index in [-0.39, 0.29) is 11.3 Å². The van der Waals surface area contributed by atoms with Crippen LogP contribution in [0.3, 0.4) is 0 Å². The first-order valence-corrected chi connectivity index (χ1v) is 7.32. The number of rotatable bonds is 4. The predicted molar refractivity (Wildman–Crippen MR) is 81.6 cm³/mol. The number of ether oxygens (including phenoxy) is 1. The van der Waals surface area contributed by atoms with E-state index in [1.54, 1.807) is 6.07 Å². The third-order valence-electron chi connectivity index (χ3n) is 4.30. The van der Waals surface area contributed by atoms with Crippen molar-refractivity contribution in [2.75, 3.05) is 27.2 Å². The van der Waals surface area contributed by atoms with Gasteiger partial charge in [0.1, 0.15) is 0 Å². The van der Waals surface area contributed by atoms with Crippen LogP contribution >= 0.6 is 11.6 Å². The molecule has 20 heavy (non-hydrogen) atoms. The number of nitrogens with zero attached hydrogens (tertiary/aromatic N) is 1. The summed E-state index contributed by atoms with van der Waals surface area (Å²) < 4.78 is 5.14. The van der Waals surface area contributed by atoms with Gasteiger partial charge in [0.15, 0.2) is 11.5 Å². The highest BCUT2D eigenvalue weighted by Crippen LogP contribution is 2.34. The highest BCUT2D eigenvalue weighted by molar-refractivity contribution is 6.30. The summed E-state index contributed by atoms with van der Waals surface area (Å²) in [5.74, 6) is 0.628. The maximum absolute atomic E-state index is 10.2. The van der Waals surface area contributed by atoms with Crippen molar-refractivity contribution in [3.63, 3.8) is 0 Å². The van der Waals surface area contributed by atoms with Crippen molar-refractivity contribution in [1.29, 1.82) is 0 Å². The van der Waals surface area contributed by atoms with E-state index in [9.17, 15) is 5.11 Å². The number of phenols is 1. The summed E-state index contributed by atoms with van der Waals surface area (Å²) in [5, 5.41) is 14.1. The van der Waals surface area contributed by atoms with Crippen molar-refractivity contribution < 1.29 is 9.84 Å². The van der Waals surface area contributed by atoms with Gasteiger partial charge in [0.25, 0.3) is 0 Å². The van der Waals surface area contributed by atoms with Crippen molar-refractivity contribution in [1.82, 2.24) is 10.2 Å². The fourth-order valence-corrected chi connectivity index (χ4v) is 2.83. The number of phenolic OH excluding ortho intramolecular Hbond substituents is 1. The second-order valence-corrected chi connectivity index (χ2v) is 6.14. The normalized spacial score (nSPS) is 19.0. The van der Waals surface area contributed by atoms with Gasteiger partial charge in [-0.15, -0.1) is 0 Å². The van der Waals surface area contributed by atoms with Gasteiger partial charge in [-0.25, -0.2) is 0 Å². The minimum atomic E-state index is 0.193. The summed E-state index contributed by atoms with van der Waals surface area (Å²) >= 11 is 6.07. The minimum Gasteiger partial charge on any atom is -0.504 e. The summed E-state index contributed by atoms with van der Waals surface area (Å²) in [6.07, 6.45) is 2.20. The van der Waals surface area contributed by atoms with Gasteiger partial charge < -0.3 is 15.2 Å². The Balaban J connectivity index is 2.06. The molecule has 0 unspecified atom stereocenters. The Hall–Kier alpha value is -0.970. The van der Waals surface area contributed by atoms with E-state index < -0.39 is 0 Å². The summed E-state index contributed by atoms with van der Waals surface area (Å²) in [6.45, 7) is 4.96. The van der Waals surface area contributed by atoms with Crippen molar-refractivity contribution in [2.24, 2.45) is 0 Å². The molecule has 1 heterocycles. The quantitative estimate of drug-likeness (QED) is 0.897. The molecule has 0 spiro atoms. The summed E-state index contributed by atoms with van der Waals surface area (Å²) in [4.78, 5) is 2.34. The molecule has 1 aromatic carbocycles. The Morgan fingerprint density at radius 2 is 2.05 bits per heavy atom. The minimum absolute atomic E-state index is 0.193. The van der Waals surface area contributed by atoms with Crippen LogP contribution in [0.5, 0.6) is 11.5 Å². The van der Waals surface area contributed by atoms with Crippen LogP contribution in [0.2, 0.25) is 5.02 Å². The van der Waals surface area contributed by atoms with E-state index in [0.717, 1.165) is 31.5 Å². The lowest BCUT2D eigenvalue weighted by atomic mass is 9.90. The molecule has 1 aliphatic rings. The van der Waals surface area contributed by atoms with Crippen molar-refractivity contribution >= 4 is 11.6 Å². The molecule has 2 N–H and O–H groups in total. The number of halogens is 1. The second kappa shape index (κ2) is 6.20. The van der Waals surface area contributed by atoms with Gasteiger partial charge in [-0.2, -0.15) is 0 Å². The van der Waals surface area contributed by atoms with Gasteiger partial charge in [-0.05, 0) is 32.9 Å². The summed E-state index contributed by atoms with van der Waals surface area (Å²) in [5.41, 5.74) is 1.05. The van der Waals surface area contributed by atoms with Gasteiger partial charge in [-0.3, -0.25) is 4.90 Å². The van der Waals surface area contributed by atoms with Crippen LogP contribution in [0.25, 0.3) is 0 Å². The Morgan fingerprint density at radius 1 is 1.40 bits per heavy atom. The first kappa shape index (κ1) is 15.4. The molecule has 1 fully saturated rings. The third kappa shape index (κ3) is 3.37. The Labute approximate surface area is 125 Å². The molecule has 2 rings (SSSR count). The van der Waals surface area contributed by atoms with Crippen molar-refractivity contribution in [3.8, 4) is 11.5 Å². The first-order valence-electron chi connectivity index (χ1n) is 6.94. The molecule has 1 saturated heterocycles. The molecule has 1 aromatic rings. The number of benzene rings is 1. The number of likely N-dealkylation sites (tertiary alicyclic amines) is 1. The number of piperidine rings is 1. The van der Waals surface area contributed by atoms with E-state index in [1.165, 1.54) is 7.11 Å². The van der Waals surface area contributed by atoms with Crippen LogP contribution in [0.4, 0.5) is 0 Å². The average Bonchev–Trinajstić information content (AvgIpc) is 2.45. The Kier molecular flexibility index (Phi) is 4.78. The summed E-state index contributed by atoms with van der Waals surface area (Å²) in [6, 6.07) is 3.44. The average molecular weight is 299 g/mol. The zero-order valence-corrected chi connectivity index (χ0v) is 13.1. The zero-order chi connectivity index (χ0) is 14.8. The van der Waals surface area contributed by atoms with Crippen LogP contribution in [-0.2, 0) is 6.54 Å². The highest BCUT2D eigenvalue weighted by Gasteiger charge is 2.28. The number of nitrogens with one attached hydrogen (secondary N) is 1. The van der Waals surface area contributed by atoms with E-state index in [2.05, 4.69) is 17.1 Å². The molecular weight excluding hydrogens is 276 g/mol. The molecule has 0 atom stereocenters. The molecule has 0 aliphatic carbocycles. The summed E-state index contributed by atoms with van der Waals surface area (Å²) in [7, 11) is 3.55. The van der Waals surface area contributed by atoms with Gasteiger partial charge in [-0.1, -0.05) is 11.6 Å². The molecule has 112 valence electrons. The standard InChI is InChI=1S/C15H23ClN2O2/c1-15(17-2)4-6-18(7-5-15)10-11-8-12(16)9-13(20-3)14(11)19/h8-9,17,19H,4-7,10H2,1-3H3. The topological polar surface area (TPSA) is 44.7 Å². The van der Waals surface area contributed by atoms with Gasteiger partial charge in [0.2, 0.25) is 0 Å². The number of hydrogen-bond donors (Lipinski definition) is 2. The Bertz CT molecular complexity index is 471. The lowest BCUT2D eigenvalue weighted by Gasteiger charge is -2.39. The lowest BCUT2D eigenvalue weighted by Crippen LogP contribution is -2.49. The maximum Gasteiger partial charge on any atom is 0.162 e. The van der Waals surface area contributed by atoms with Crippen LogP contribution in [0.15, 0.2) is 12.1 Å². The largest absolute Gasteiger partial charge is 0.504 e. The predicted octanol–water partition coefficient (Wildman–Crippen LogP) is 2.63. The third-order valence-corrected chi connectivity index (χ3v) is 4.51. The van der Waals surface area contributed by atoms with E-state index >= 15 is 0 Å². The number of methoxy groups -OCH3 is 1. The SMILES string of the molecule is CNC1(C)CCN(Cc2cc(Cl)cc(OC)c2O)CC1. The monoisotopic (exact) mass is 298 g/mol. The highest BCUT2D eigenvalue weighted by atomic mass is 35.5. The van der Waals surface area contributed by atoms with E-state index in [0.29, 0.717) is 17.3 Å². The van der Waals surface area contributed by atoms with Crippen molar-refractivity contribution in [3.05, 3.63) is 22.7 Å². The molecule has 0 bridgehead atoms. The number of hydrogen-bond acceptors (Lipinski definition) is 4. The van der Waals surface area contributed by atoms with E-state index in [1.807, 2.05) is 13.1 Å². The van der Waals surface area contributed by atoms with Crippen LogP contribution in [-0.4, -0.2) is 42.8 Å². The molecule has 5 heteroatoms. The van der Waals surface area contributed by atoms with Crippen LogP contribution < -0.4 is 10.1 Å². The molecule has 0 amide bonds. The molecule has 0 aromatic heterocycles. The van der Waals surface area contributed by atoms with Crippen LogP contribution in [0, 0.1) is 0 Å². The van der Waals surface area contributed by atoms with Crippen LogP contribution in [0.1, 0.15) is 25.3 Å². The lowest BCUT2D eigenvalue weighted by molar-refractivity contribution is 0.145. The molecular formula is C15H23ClN2O2. The molecule has 0 radical (unpaired) electrons. The van der Waals surface area contributed by atoms with Gasteiger partial charge in [0, 0.05) is 41.8 Å². The van der Waals surface area contributed by atoms with E-state index in [4.69, 9.17) is 16.3 Å².